The van der Waals surface area contributed by atoms with Crippen molar-refractivity contribution in [2.45, 2.75) is 45.4 Å². The molecule has 0 unspecified atom stereocenters. The van der Waals surface area contributed by atoms with E-state index in [0.717, 1.165) is 25.1 Å². The Morgan fingerprint density at radius 3 is 2.90 bits per heavy atom. The van der Waals surface area contributed by atoms with E-state index in [1.807, 2.05) is 19.9 Å². The molecule has 116 valence electrons. The molecule has 2 heterocycles. The predicted octanol–water partition coefficient (Wildman–Crippen LogP) is 2.25. The third kappa shape index (κ3) is 4.06. The summed E-state index contributed by atoms with van der Waals surface area (Å²) in [5, 5.41) is 15.8. The Balaban J connectivity index is 1.96. The topological polar surface area (TPSA) is 86.3 Å². The molecule has 1 atom stereocenters. The van der Waals surface area contributed by atoms with E-state index < -0.39 is 5.97 Å². The van der Waals surface area contributed by atoms with Crippen LogP contribution in [0.3, 0.4) is 0 Å². The van der Waals surface area contributed by atoms with Crippen LogP contribution in [0.25, 0.3) is 0 Å². The largest absolute Gasteiger partial charge is 0.481 e. The number of rotatable bonds is 5. The van der Waals surface area contributed by atoms with Gasteiger partial charge in [-0.15, -0.1) is 0 Å². The fraction of sp³-hybridized carbons (Fsp3) is 0.667. The monoisotopic (exact) mass is 293 g/mol. The fourth-order valence-corrected chi connectivity index (χ4v) is 2.72. The maximum absolute atomic E-state index is 12.4. The number of nitrogens with zero attached hydrogens (tertiary/aromatic N) is 2. The van der Waals surface area contributed by atoms with Crippen molar-refractivity contribution in [1.29, 1.82) is 0 Å². The first kappa shape index (κ1) is 15.5. The Kier molecular flexibility index (Phi) is 4.98. The Morgan fingerprint density at radius 2 is 2.29 bits per heavy atom. The van der Waals surface area contributed by atoms with E-state index in [1.165, 1.54) is 0 Å². The summed E-state index contributed by atoms with van der Waals surface area (Å²) in [5.74, 6) is -0.239. The molecule has 2 rings (SSSR count). The smallest absolute Gasteiger partial charge is 0.303 e. The fourth-order valence-electron chi connectivity index (χ4n) is 2.72. The highest BCUT2D eigenvalue weighted by molar-refractivity contribution is 5.92. The molecule has 1 aliphatic rings. The highest BCUT2D eigenvalue weighted by Crippen LogP contribution is 2.22. The summed E-state index contributed by atoms with van der Waals surface area (Å²) in [4.78, 5) is 24.9. The summed E-state index contributed by atoms with van der Waals surface area (Å²) in [6, 6.07) is 1.81. The molecule has 2 N–H and O–H groups in total. The number of carbonyl (C=O) groups excluding carboxylic acids is 1. The second-order valence-corrected chi connectivity index (χ2v) is 6.06. The molecule has 0 saturated carbocycles. The lowest BCUT2D eigenvalue weighted by Crippen LogP contribution is -2.40. The van der Waals surface area contributed by atoms with Gasteiger partial charge >= 0.3 is 5.97 Å². The van der Waals surface area contributed by atoms with Crippen LogP contribution in [-0.2, 0) is 4.79 Å². The van der Waals surface area contributed by atoms with Crippen molar-refractivity contribution in [1.82, 2.24) is 15.1 Å². The molecular formula is C15H23N3O3. The van der Waals surface area contributed by atoms with Crippen molar-refractivity contribution in [2.75, 3.05) is 13.1 Å². The quantitative estimate of drug-likeness (QED) is 0.871. The molecule has 0 bridgehead atoms. The van der Waals surface area contributed by atoms with Gasteiger partial charge in [0.15, 0.2) is 0 Å². The van der Waals surface area contributed by atoms with Gasteiger partial charge in [-0.05, 0) is 37.2 Å². The van der Waals surface area contributed by atoms with Crippen LogP contribution < -0.4 is 0 Å². The van der Waals surface area contributed by atoms with Crippen LogP contribution in [0.5, 0.6) is 0 Å². The molecule has 1 amide bonds. The van der Waals surface area contributed by atoms with Crippen molar-refractivity contribution in [3.8, 4) is 0 Å². The summed E-state index contributed by atoms with van der Waals surface area (Å²) in [5.41, 5.74) is 1.41. The number of hydrogen-bond acceptors (Lipinski definition) is 3. The number of amides is 1. The number of carboxylic acids is 1. The van der Waals surface area contributed by atoms with Gasteiger partial charge in [0.25, 0.3) is 5.91 Å². The summed E-state index contributed by atoms with van der Waals surface area (Å²) in [6.07, 6.45) is 2.73. The first-order chi connectivity index (χ1) is 9.97. The van der Waals surface area contributed by atoms with E-state index in [9.17, 15) is 9.59 Å². The van der Waals surface area contributed by atoms with E-state index >= 15 is 0 Å². The van der Waals surface area contributed by atoms with Gasteiger partial charge in [-0.3, -0.25) is 14.7 Å². The Bertz CT molecular complexity index is 510. The van der Waals surface area contributed by atoms with E-state index in [1.54, 1.807) is 4.90 Å². The van der Waals surface area contributed by atoms with Gasteiger partial charge in [-0.25, -0.2) is 0 Å². The van der Waals surface area contributed by atoms with Crippen LogP contribution in [0.1, 0.15) is 61.6 Å². The number of aliphatic carboxylic acids is 1. The van der Waals surface area contributed by atoms with Gasteiger partial charge in [0.05, 0.1) is 0 Å². The summed E-state index contributed by atoms with van der Waals surface area (Å²) in [6.45, 7) is 5.46. The molecular weight excluding hydrogens is 270 g/mol. The Hall–Kier alpha value is -1.85. The minimum atomic E-state index is -0.771. The standard InChI is InChI=1S/C15H23N3O3/c1-10(2)12-8-13(17-16-12)15(21)18-7-3-4-11(9-18)5-6-14(19)20/h8,10-11H,3-7,9H2,1-2H3,(H,16,17)(H,19,20)/t11-/m0/s1. The minimum Gasteiger partial charge on any atom is -0.481 e. The zero-order valence-corrected chi connectivity index (χ0v) is 12.6. The number of aromatic amines is 1. The average molecular weight is 293 g/mol. The number of aromatic nitrogens is 2. The third-order valence-electron chi connectivity index (χ3n) is 4.01. The molecule has 1 aromatic rings. The molecule has 1 aromatic heterocycles. The molecule has 1 fully saturated rings. The average Bonchev–Trinajstić information content (AvgIpc) is 2.94. The van der Waals surface area contributed by atoms with Crippen LogP contribution in [0, 0.1) is 5.92 Å². The van der Waals surface area contributed by atoms with Gasteiger partial charge < -0.3 is 10.0 Å². The SMILES string of the molecule is CC(C)c1cc(C(=O)N2CCC[C@@H](CCC(=O)O)C2)n[nH]1. The molecule has 6 nitrogen and oxygen atoms in total. The number of carboxylic acid groups (broad SMARTS) is 1. The third-order valence-corrected chi connectivity index (χ3v) is 4.01. The van der Waals surface area contributed by atoms with Gasteiger partial charge in [-0.1, -0.05) is 13.8 Å². The second kappa shape index (κ2) is 6.74. The van der Waals surface area contributed by atoms with Gasteiger partial charge in [0.1, 0.15) is 5.69 Å². The highest BCUT2D eigenvalue weighted by Gasteiger charge is 2.26. The number of hydrogen-bond donors (Lipinski definition) is 2. The molecule has 0 aromatic carbocycles. The zero-order chi connectivity index (χ0) is 15.4. The number of likely N-dealkylation sites (tertiary alicyclic amines) is 1. The lowest BCUT2D eigenvalue weighted by Gasteiger charge is -2.32. The summed E-state index contributed by atoms with van der Waals surface area (Å²) < 4.78 is 0. The van der Waals surface area contributed by atoms with Gasteiger partial charge in [0, 0.05) is 25.2 Å². The normalized spacial score (nSPS) is 19.0. The van der Waals surface area contributed by atoms with E-state index in [4.69, 9.17) is 5.11 Å². The van der Waals surface area contributed by atoms with Gasteiger partial charge in [0.2, 0.25) is 0 Å². The van der Waals surface area contributed by atoms with Crippen LogP contribution in [0.15, 0.2) is 6.07 Å². The molecule has 0 spiro atoms. The highest BCUT2D eigenvalue weighted by atomic mass is 16.4. The first-order valence-corrected chi connectivity index (χ1v) is 7.53. The maximum Gasteiger partial charge on any atom is 0.303 e. The first-order valence-electron chi connectivity index (χ1n) is 7.53. The molecule has 1 saturated heterocycles. The van der Waals surface area contributed by atoms with Crippen molar-refractivity contribution in [3.05, 3.63) is 17.5 Å². The van der Waals surface area contributed by atoms with Gasteiger partial charge in [-0.2, -0.15) is 5.10 Å². The number of carbonyl (C=O) groups is 2. The maximum atomic E-state index is 12.4. The molecule has 0 radical (unpaired) electrons. The van der Waals surface area contributed by atoms with Crippen LogP contribution in [0.4, 0.5) is 0 Å². The minimum absolute atomic E-state index is 0.0572. The van der Waals surface area contributed by atoms with Crippen molar-refractivity contribution >= 4 is 11.9 Å². The number of H-pyrrole nitrogens is 1. The molecule has 6 heteroatoms. The van der Waals surface area contributed by atoms with Crippen molar-refractivity contribution in [2.24, 2.45) is 5.92 Å². The molecule has 1 aliphatic heterocycles. The number of nitrogens with one attached hydrogen (secondary N) is 1. The van der Waals surface area contributed by atoms with Crippen molar-refractivity contribution < 1.29 is 14.7 Å². The summed E-state index contributed by atoms with van der Waals surface area (Å²) in [7, 11) is 0. The molecule has 0 aliphatic carbocycles. The lowest BCUT2D eigenvalue weighted by molar-refractivity contribution is -0.137. The lowest BCUT2D eigenvalue weighted by atomic mass is 9.93. The predicted molar refractivity (Wildman–Crippen MR) is 78.2 cm³/mol. The van der Waals surface area contributed by atoms with E-state index in [0.29, 0.717) is 24.6 Å². The summed E-state index contributed by atoms with van der Waals surface area (Å²) >= 11 is 0. The Morgan fingerprint density at radius 1 is 1.52 bits per heavy atom. The van der Waals surface area contributed by atoms with Crippen LogP contribution in [-0.4, -0.2) is 45.2 Å². The molecule has 21 heavy (non-hydrogen) atoms. The van der Waals surface area contributed by atoms with E-state index in [-0.39, 0.29) is 18.2 Å². The number of piperidine rings is 1. The zero-order valence-electron chi connectivity index (χ0n) is 12.6. The Labute approximate surface area is 124 Å². The van der Waals surface area contributed by atoms with Crippen LogP contribution >= 0.6 is 0 Å². The van der Waals surface area contributed by atoms with Crippen LogP contribution in [0.2, 0.25) is 0 Å². The second-order valence-electron chi connectivity index (χ2n) is 6.06. The van der Waals surface area contributed by atoms with E-state index in [2.05, 4.69) is 10.2 Å². The van der Waals surface area contributed by atoms with Crippen molar-refractivity contribution in [3.63, 3.8) is 0 Å².